The van der Waals surface area contributed by atoms with Gasteiger partial charge in [-0.1, -0.05) is 0 Å². The maximum atomic E-state index is 11.3. The first-order valence-electron chi connectivity index (χ1n) is 4.47. The molecule has 1 unspecified atom stereocenters. The number of ether oxygens (including phenoxy) is 1. The Morgan fingerprint density at radius 2 is 2.50 bits per heavy atom. The van der Waals surface area contributed by atoms with Crippen molar-refractivity contribution < 1.29 is 14.6 Å². The van der Waals surface area contributed by atoms with Crippen molar-refractivity contribution in [3.8, 4) is 0 Å². The van der Waals surface area contributed by atoms with Gasteiger partial charge in [-0.3, -0.25) is 4.79 Å². The summed E-state index contributed by atoms with van der Waals surface area (Å²) in [6.45, 7) is 3.68. The van der Waals surface area contributed by atoms with E-state index in [0.717, 1.165) is 0 Å². The van der Waals surface area contributed by atoms with Crippen LogP contribution in [0, 0.1) is 0 Å². The van der Waals surface area contributed by atoms with Gasteiger partial charge < -0.3 is 20.5 Å². The average molecular weight is 225 g/mol. The van der Waals surface area contributed by atoms with E-state index < -0.39 is 6.10 Å². The summed E-state index contributed by atoms with van der Waals surface area (Å²) >= 11 is 0. The van der Waals surface area contributed by atoms with Crippen molar-refractivity contribution in [3.63, 3.8) is 0 Å². The van der Waals surface area contributed by atoms with Crippen molar-refractivity contribution in [2.75, 3.05) is 26.3 Å². The second kappa shape index (κ2) is 7.00. The van der Waals surface area contributed by atoms with Crippen LogP contribution in [0.5, 0.6) is 0 Å². The SMILES string of the molecule is CC(O)CNC(=O)[C@H]1COCCN1.Cl. The van der Waals surface area contributed by atoms with Gasteiger partial charge in [0.2, 0.25) is 5.91 Å². The lowest BCUT2D eigenvalue weighted by Crippen LogP contribution is -2.52. The second-order valence-electron chi connectivity index (χ2n) is 3.18. The first-order valence-corrected chi connectivity index (χ1v) is 4.47. The predicted octanol–water partition coefficient (Wildman–Crippen LogP) is -1.11. The van der Waals surface area contributed by atoms with Crippen molar-refractivity contribution in [3.05, 3.63) is 0 Å². The van der Waals surface area contributed by atoms with Crippen LogP contribution >= 0.6 is 12.4 Å². The molecule has 1 aliphatic rings. The average Bonchev–Trinajstić information content (AvgIpc) is 2.15. The molecule has 0 radical (unpaired) electrons. The molecule has 1 rings (SSSR count). The fraction of sp³-hybridized carbons (Fsp3) is 0.875. The monoisotopic (exact) mass is 224 g/mol. The Hall–Kier alpha value is -0.360. The molecule has 1 fully saturated rings. The summed E-state index contributed by atoms with van der Waals surface area (Å²) in [6, 6.07) is -0.271. The van der Waals surface area contributed by atoms with E-state index in [-0.39, 0.29) is 30.9 Å². The number of carbonyl (C=O) groups excluding carboxylic acids is 1. The Labute approximate surface area is 89.6 Å². The molecule has 1 aliphatic heterocycles. The highest BCUT2D eigenvalue weighted by atomic mass is 35.5. The third kappa shape index (κ3) is 4.76. The number of hydrogen-bond acceptors (Lipinski definition) is 4. The standard InChI is InChI=1S/C8H16N2O3.ClH/c1-6(11)4-10-8(12)7-5-13-3-2-9-7;/h6-7,9,11H,2-5H2,1H3,(H,10,12);1H/t6?,7-;/m1./s1. The molecule has 84 valence electrons. The first kappa shape index (κ1) is 13.6. The van der Waals surface area contributed by atoms with Crippen LogP contribution in [0.15, 0.2) is 0 Å². The molecular formula is C8H17ClN2O3. The highest BCUT2D eigenvalue weighted by Crippen LogP contribution is 1.92. The van der Waals surface area contributed by atoms with Gasteiger partial charge >= 0.3 is 0 Å². The van der Waals surface area contributed by atoms with E-state index >= 15 is 0 Å². The fourth-order valence-corrected chi connectivity index (χ4v) is 1.11. The highest BCUT2D eigenvalue weighted by Gasteiger charge is 2.20. The lowest BCUT2D eigenvalue weighted by molar-refractivity contribution is -0.126. The van der Waals surface area contributed by atoms with E-state index in [9.17, 15) is 4.79 Å². The zero-order chi connectivity index (χ0) is 9.68. The molecule has 0 aromatic heterocycles. The van der Waals surface area contributed by atoms with Gasteiger partial charge in [0.05, 0.1) is 19.3 Å². The van der Waals surface area contributed by atoms with Crippen LogP contribution < -0.4 is 10.6 Å². The molecule has 0 aromatic carbocycles. The summed E-state index contributed by atoms with van der Waals surface area (Å²) in [5.41, 5.74) is 0. The second-order valence-corrected chi connectivity index (χ2v) is 3.18. The Kier molecular flexibility index (Phi) is 6.82. The number of hydrogen-bond donors (Lipinski definition) is 3. The normalized spacial score (nSPS) is 23.4. The van der Waals surface area contributed by atoms with Crippen LogP contribution in [0.1, 0.15) is 6.92 Å². The minimum absolute atomic E-state index is 0. The largest absolute Gasteiger partial charge is 0.392 e. The van der Waals surface area contributed by atoms with Gasteiger partial charge in [0.1, 0.15) is 6.04 Å². The van der Waals surface area contributed by atoms with Crippen molar-refractivity contribution >= 4 is 18.3 Å². The number of aliphatic hydroxyl groups is 1. The predicted molar refractivity (Wildman–Crippen MR) is 54.5 cm³/mol. The summed E-state index contributed by atoms with van der Waals surface area (Å²) in [4.78, 5) is 11.3. The Morgan fingerprint density at radius 3 is 3.00 bits per heavy atom. The number of amides is 1. The molecule has 3 N–H and O–H groups in total. The van der Waals surface area contributed by atoms with E-state index in [2.05, 4.69) is 10.6 Å². The van der Waals surface area contributed by atoms with Crippen LogP contribution in [0.3, 0.4) is 0 Å². The Morgan fingerprint density at radius 1 is 1.79 bits per heavy atom. The molecule has 1 amide bonds. The molecule has 0 spiro atoms. The molecule has 5 nitrogen and oxygen atoms in total. The molecule has 14 heavy (non-hydrogen) atoms. The smallest absolute Gasteiger partial charge is 0.239 e. The van der Waals surface area contributed by atoms with Crippen LogP contribution in [0.2, 0.25) is 0 Å². The van der Waals surface area contributed by atoms with Crippen molar-refractivity contribution in [1.82, 2.24) is 10.6 Å². The number of carbonyl (C=O) groups is 1. The quantitative estimate of drug-likeness (QED) is 0.569. The summed E-state index contributed by atoms with van der Waals surface area (Å²) in [5, 5.41) is 14.6. The third-order valence-corrected chi connectivity index (χ3v) is 1.81. The van der Waals surface area contributed by atoms with Gasteiger partial charge in [0, 0.05) is 13.1 Å². The highest BCUT2D eigenvalue weighted by molar-refractivity contribution is 5.85. The minimum Gasteiger partial charge on any atom is -0.392 e. The van der Waals surface area contributed by atoms with E-state index in [4.69, 9.17) is 9.84 Å². The molecule has 0 bridgehead atoms. The van der Waals surface area contributed by atoms with Crippen LogP contribution in [-0.2, 0) is 9.53 Å². The molecular weight excluding hydrogens is 208 g/mol. The van der Waals surface area contributed by atoms with Crippen molar-refractivity contribution in [1.29, 1.82) is 0 Å². The van der Waals surface area contributed by atoms with Crippen molar-refractivity contribution in [2.45, 2.75) is 19.1 Å². The van der Waals surface area contributed by atoms with E-state index in [1.165, 1.54) is 0 Å². The molecule has 6 heteroatoms. The van der Waals surface area contributed by atoms with Gasteiger partial charge in [-0.25, -0.2) is 0 Å². The van der Waals surface area contributed by atoms with E-state index in [1.54, 1.807) is 6.92 Å². The summed E-state index contributed by atoms with van der Waals surface area (Å²) in [5.74, 6) is -0.111. The molecule has 1 saturated heterocycles. The molecule has 1 heterocycles. The summed E-state index contributed by atoms with van der Waals surface area (Å²) < 4.78 is 5.12. The zero-order valence-corrected chi connectivity index (χ0v) is 8.97. The summed E-state index contributed by atoms with van der Waals surface area (Å²) in [7, 11) is 0. The van der Waals surface area contributed by atoms with Crippen LogP contribution in [0.4, 0.5) is 0 Å². The Bertz CT molecular complexity index is 172. The topological polar surface area (TPSA) is 70.6 Å². The minimum atomic E-state index is -0.506. The van der Waals surface area contributed by atoms with Gasteiger partial charge in [-0.05, 0) is 6.92 Å². The van der Waals surface area contributed by atoms with Gasteiger partial charge in [-0.15, -0.1) is 12.4 Å². The fourth-order valence-electron chi connectivity index (χ4n) is 1.11. The molecule has 0 aromatic rings. The van der Waals surface area contributed by atoms with Crippen LogP contribution in [0.25, 0.3) is 0 Å². The lowest BCUT2D eigenvalue weighted by atomic mass is 10.2. The number of aliphatic hydroxyl groups excluding tert-OH is 1. The summed E-state index contributed by atoms with van der Waals surface area (Å²) in [6.07, 6.45) is -0.506. The zero-order valence-electron chi connectivity index (χ0n) is 8.16. The number of halogens is 1. The maximum absolute atomic E-state index is 11.3. The van der Waals surface area contributed by atoms with Crippen LogP contribution in [-0.4, -0.2) is 49.5 Å². The first-order chi connectivity index (χ1) is 6.20. The lowest BCUT2D eigenvalue weighted by Gasteiger charge is -2.23. The van der Waals surface area contributed by atoms with Crippen molar-refractivity contribution in [2.24, 2.45) is 0 Å². The maximum Gasteiger partial charge on any atom is 0.239 e. The van der Waals surface area contributed by atoms with Gasteiger partial charge in [0.25, 0.3) is 0 Å². The van der Waals surface area contributed by atoms with Gasteiger partial charge in [0.15, 0.2) is 0 Å². The van der Waals surface area contributed by atoms with E-state index in [0.29, 0.717) is 19.8 Å². The molecule has 0 aliphatic carbocycles. The van der Waals surface area contributed by atoms with Gasteiger partial charge in [-0.2, -0.15) is 0 Å². The molecule has 0 saturated carbocycles. The molecule has 2 atom stereocenters. The number of nitrogens with one attached hydrogen (secondary N) is 2. The third-order valence-electron chi connectivity index (χ3n) is 1.81. The van der Waals surface area contributed by atoms with E-state index in [1.807, 2.05) is 0 Å². The number of rotatable bonds is 3. The number of morpholine rings is 1. The Balaban J connectivity index is 0.00000169.